The first-order valence-electron chi connectivity index (χ1n) is 9.51. The number of hydrogen-bond acceptors (Lipinski definition) is 5. The van der Waals surface area contributed by atoms with E-state index in [0.29, 0.717) is 18.5 Å². The molecule has 2 aromatic rings. The highest BCUT2D eigenvalue weighted by Gasteiger charge is 2.30. The Morgan fingerprint density at radius 2 is 1.81 bits per heavy atom. The lowest BCUT2D eigenvalue weighted by atomic mass is 10.2. The molecule has 0 fully saturated rings. The summed E-state index contributed by atoms with van der Waals surface area (Å²) in [4.78, 5) is 35.2. The lowest BCUT2D eigenvalue weighted by Gasteiger charge is -2.11. The van der Waals surface area contributed by atoms with Crippen molar-refractivity contribution < 1.29 is 32.3 Å². The molecule has 0 saturated heterocycles. The second-order valence-electron chi connectivity index (χ2n) is 6.41. The summed E-state index contributed by atoms with van der Waals surface area (Å²) in [6, 6.07) is 10.6. The molecule has 0 saturated carbocycles. The van der Waals surface area contributed by atoms with Crippen molar-refractivity contribution in [2.75, 3.05) is 18.5 Å². The van der Waals surface area contributed by atoms with E-state index in [9.17, 15) is 27.6 Å². The number of hydrogen-bond donors (Lipinski definition) is 3. The Labute approximate surface area is 181 Å². The summed E-state index contributed by atoms with van der Waals surface area (Å²) in [5.74, 6) is -2.19. The Balaban J connectivity index is 1.93. The van der Waals surface area contributed by atoms with E-state index in [1.807, 2.05) is 6.92 Å². The van der Waals surface area contributed by atoms with E-state index in [2.05, 4.69) is 21.2 Å². The Bertz CT molecular complexity index is 993. The first-order chi connectivity index (χ1) is 15.2. The standard InChI is InChI=1S/C21H21F3N4O4/c1-2-10-25-19(30)20(31)28-26-12-14-6-3-4-9-17(14)32-13-18(29)27-16-8-5-7-15(11-16)21(22,23)24/h3-9,11-12H,2,10,13H2,1H3,(H,25,30)(H,27,29)(H,28,31)/b26-12-. The number of carbonyl (C=O) groups is 3. The van der Waals surface area contributed by atoms with E-state index in [4.69, 9.17) is 4.74 Å². The monoisotopic (exact) mass is 450 g/mol. The molecule has 3 N–H and O–H groups in total. The average molecular weight is 450 g/mol. The summed E-state index contributed by atoms with van der Waals surface area (Å²) < 4.78 is 43.7. The Hall–Kier alpha value is -3.89. The SMILES string of the molecule is CCCNC(=O)C(=O)N/N=C\c1ccccc1OCC(=O)Nc1cccc(C(F)(F)F)c1. The molecule has 2 aromatic carbocycles. The van der Waals surface area contributed by atoms with Gasteiger partial charge in [0.15, 0.2) is 6.61 Å². The Morgan fingerprint density at radius 3 is 2.53 bits per heavy atom. The average Bonchev–Trinajstić information content (AvgIpc) is 2.76. The molecule has 0 heterocycles. The number of halogens is 3. The molecule has 11 heteroatoms. The zero-order valence-corrected chi connectivity index (χ0v) is 17.0. The number of para-hydroxylation sites is 1. The number of ether oxygens (including phenoxy) is 1. The lowest BCUT2D eigenvalue weighted by Crippen LogP contribution is -2.38. The van der Waals surface area contributed by atoms with E-state index in [1.54, 1.807) is 18.2 Å². The van der Waals surface area contributed by atoms with Gasteiger partial charge in [-0.2, -0.15) is 18.3 Å². The van der Waals surface area contributed by atoms with Crippen LogP contribution in [0.25, 0.3) is 0 Å². The molecule has 0 aliphatic heterocycles. The fraction of sp³-hybridized carbons (Fsp3) is 0.238. The van der Waals surface area contributed by atoms with Crippen LogP contribution in [0.1, 0.15) is 24.5 Å². The zero-order valence-electron chi connectivity index (χ0n) is 17.0. The number of alkyl halides is 3. The first-order valence-corrected chi connectivity index (χ1v) is 9.51. The van der Waals surface area contributed by atoms with Crippen molar-refractivity contribution in [3.63, 3.8) is 0 Å². The molecular formula is C21H21F3N4O4. The highest BCUT2D eigenvalue weighted by atomic mass is 19.4. The van der Waals surface area contributed by atoms with Crippen molar-refractivity contribution in [3.05, 3.63) is 59.7 Å². The fourth-order valence-corrected chi connectivity index (χ4v) is 2.36. The summed E-state index contributed by atoms with van der Waals surface area (Å²) >= 11 is 0. The van der Waals surface area contributed by atoms with Crippen molar-refractivity contribution in [2.45, 2.75) is 19.5 Å². The van der Waals surface area contributed by atoms with Crippen LogP contribution < -0.4 is 20.8 Å². The van der Waals surface area contributed by atoms with Gasteiger partial charge < -0.3 is 15.4 Å². The zero-order chi connectivity index (χ0) is 23.6. The maximum absolute atomic E-state index is 12.8. The predicted octanol–water partition coefficient (Wildman–Crippen LogP) is 2.70. The summed E-state index contributed by atoms with van der Waals surface area (Å²) in [7, 11) is 0. The van der Waals surface area contributed by atoms with Crippen molar-refractivity contribution in [2.24, 2.45) is 5.10 Å². The van der Waals surface area contributed by atoms with Crippen LogP contribution >= 0.6 is 0 Å². The Morgan fingerprint density at radius 1 is 1.06 bits per heavy atom. The third kappa shape index (κ3) is 7.74. The molecule has 170 valence electrons. The number of nitrogens with zero attached hydrogens (tertiary/aromatic N) is 1. The molecule has 32 heavy (non-hydrogen) atoms. The van der Waals surface area contributed by atoms with Crippen LogP contribution in [0, 0.1) is 0 Å². The first kappa shape index (κ1) is 24.4. The lowest BCUT2D eigenvalue weighted by molar-refractivity contribution is -0.139. The molecule has 0 atom stereocenters. The molecule has 2 rings (SSSR count). The van der Waals surface area contributed by atoms with Crippen LogP contribution in [0.5, 0.6) is 5.75 Å². The molecule has 0 aliphatic rings. The van der Waals surface area contributed by atoms with Crippen LogP contribution in [0.4, 0.5) is 18.9 Å². The molecule has 0 aliphatic carbocycles. The normalized spacial score (nSPS) is 11.1. The Kier molecular flexibility index (Phi) is 8.75. The third-order valence-corrected chi connectivity index (χ3v) is 3.86. The van der Waals surface area contributed by atoms with Gasteiger partial charge >= 0.3 is 18.0 Å². The summed E-state index contributed by atoms with van der Waals surface area (Å²) in [5, 5.41) is 8.42. The summed E-state index contributed by atoms with van der Waals surface area (Å²) in [6.45, 7) is 1.72. The minimum atomic E-state index is -4.53. The van der Waals surface area contributed by atoms with Gasteiger partial charge in [-0.1, -0.05) is 25.1 Å². The van der Waals surface area contributed by atoms with Crippen LogP contribution in [-0.2, 0) is 20.6 Å². The van der Waals surface area contributed by atoms with Crippen molar-refractivity contribution >= 4 is 29.6 Å². The van der Waals surface area contributed by atoms with Crippen LogP contribution in [0.2, 0.25) is 0 Å². The number of rotatable bonds is 8. The van der Waals surface area contributed by atoms with Crippen molar-refractivity contribution in [1.82, 2.24) is 10.7 Å². The molecular weight excluding hydrogens is 429 g/mol. The van der Waals surface area contributed by atoms with Gasteiger partial charge in [0.05, 0.1) is 11.8 Å². The van der Waals surface area contributed by atoms with Gasteiger partial charge in [0.2, 0.25) is 0 Å². The van der Waals surface area contributed by atoms with Gasteiger partial charge in [-0.3, -0.25) is 14.4 Å². The van der Waals surface area contributed by atoms with E-state index in [1.165, 1.54) is 24.4 Å². The molecule has 0 spiro atoms. The van der Waals surface area contributed by atoms with Gasteiger partial charge in [0.25, 0.3) is 5.91 Å². The van der Waals surface area contributed by atoms with Crippen LogP contribution in [-0.4, -0.2) is 37.1 Å². The molecule has 3 amide bonds. The third-order valence-electron chi connectivity index (χ3n) is 3.86. The minimum Gasteiger partial charge on any atom is -0.483 e. The maximum Gasteiger partial charge on any atom is 0.416 e. The number of carbonyl (C=O) groups excluding carboxylic acids is 3. The van der Waals surface area contributed by atoms with E-state index >= 15 is 0 Å². The predicted molar refractivity (Wildman–Crippen MR) is 111 cm³/mol. The van der Waals surface area contributed by atoms with Crippen LogP contribution in [0.15, 0.2) is 53.6 Å². The highest BCUT2D eigenvalue weighted by Crippen LogP contribution is 2.30. The minimum absolute atomic E-state index is 0.0210. The highest BCUT2D eigenvalue weighted by molar-refractivity contribution is 6.35. The second kappa shape index (κ2) is 11.5. The van der Waals surface area contributed by atoms with Crippen molar-refractivity contribution in [3.8, 4) is 5.75 Å². The number of amides is 3. The van der Waals surface area contributed by atoms with Gasteiger partial charge in [0, 0.05) is 17.8 Å². The van der Waals surface area contributed by atoms with Gasteiger partial charge in [-0.25, -0.2) is 5.43 Å². The molecule has 0 bridgehead atoms. The molecule has 0 unspecified atom stereocenters. The smallest absolute Gasteiger partial charge is 0.416 e. The topological polar surface area (TPSA) is 109 Å². The van der Waals surface area contributed by atoms with E-state index < -0.39 is 36.1 Å². The van der Waals surface area contributed by atoms with E-state index in [-0.39, 0.29) is 11.4 Å². The quantitative estimate of drug-likeness (QED) is 0.326. The van der Waals surface area contributed by atoms with Crippen LogP contribution in [0.3, 0.4) is 0 Å². The summed E-state index contributed by atoms with van der Waals surface area (Å²) in [5.41, 5.74) is 1.56. The van der Waals surface area contributed by atoms with Gasteiger partial charge in [-0.05, 0) is 36.8 Å². The largest absolute Gasteiger partial charge is 0.483 e. The fourth-order valence-electron chi connectivity index (χ4n) is 2.36. The molecule has 0 aromatic heterocycles. The molecule has 0 radical (unpaired) electrons. The number of hydrazone groups is 1. The molecule has 8 nitrogen and oxygen atoms in total. The number of anilines is 1. The van der Waals surface area contributed by atoms with Crippen molar-refractivity contribution in [1.29, 1.82) is 0 Å². The second-order valence-corrected chi connectivity index (χ2v) is 6.41. The number of nitrogens with one attached hydrogen (secondary N) is 3. The van der Waals surface area contributed by atoms with Gasteiger partial charge in [-0.15, -0.1) is 0 Å². The maximum atomic E-state index is 12.8. The van der Waals surface area contributed by atoms with E-state index in [0.717, 1.165) is 12.1 Å². The summed E-state index contributed by atoms with van der Waals surface area (Å²) in [6.07, 6.45) is -2.62. The number of benzene rings is 2. The van der Waals surface area contributed by atoms with Gasteiger partial charge in [0.1, 0.15) is 5.75 Å².